The van der Waals surface area contributed by atoms with Gasteiger partial charge in [-0.2, -0.15) is 0 Å². The van der Waals surface area contributed by atoms with Gasteiger partial charge in [0, 0.05) is 44.0 Å². The van der Waals surface area contributed by atoms with Crippen LogP contribution in [0.5, 0.6) is 5.75 Å². The quantitative estimate of drug-likeness (QED) is 0.526. The number of hydrogen-bond donors (Lipinski definition) is 1. The average molecular weight is 447 g/mol. The molecule has 0 aromatic heterocycles. The maximum absolute atomic E-state index is 12.9. The molecule has 0 spiro atoms. The number of carbonyl (C=O) groups is 2. The number of nitrogens with two attached hydrogens (primary N) is 1. The number of halogens is 3. The lowest BCUT2D eigenvalue weighted by Crippen LogP contribution is -2.47. The summed E-state index contributed by atoms with van der Waals surface area (Å²) in [7, 11) is 0. The number of rotatable bonds is 6. The van der Waals surface area contributed by atoms with Gasteiger partial charge in [0.1, 0.15) is 5.75 Å². The number of hydrogen-bond acceptors (Lipinski definition) is 8. The van der Waals surface area contributed by atoms with Gasteiger partial charge in [-0.1, -0.05) is 0 Å². The standard InChI is InChI=1S/C20H28F3N3O5/c1-5-29-17(27)14-11-16(30-20(21,22)23)13(10-15(14)24)12-25-6-8-26(9-7-25)31-18(28)19(2,3)4/h10-11H,5-9,12,24H2,1-4H3. The molecule has 0 saturated carbocycles. The fourth-order valence-corrected chi connectivity index (χ4v) is 2.85. The predicted octanol–water partition coefficient (Wildman–Crippen LogP) is 2.97. The van der Waals surface area contributed by atoms with Crippen LogP contribution in [0.3, 0.4) is 0 Å². The van der Waals surface area contributed by atoms with Crippen molar-refractivity contribution in [3.8, 4) is 5.75 Å². The summed E-state index contributed by atoms with van der Waals surface area (Å²) in [5.41, 5.74) is 5.24. The molecule has 11 heteroatoms. The molecule has 0 atom stereocenters. The average Bonchev–Trinajstić information content (AvgIpc) is 2.63. The number of alkyl halides is 3. The molecule has 1 aromatic carbocycles. The molecule has 1 saturated heterocycles. The lowest BCUT2D eigenvalue weighted by atomic mass is 9.98. The third-order valence-electron chi connectivity index (χ3n) is 4.50. The smallest absolute Gasteiger partial charge is 0.462 e. The number of carbonyl (C=O) groups excluding carboxylic acids is 2. The first-order valence-electron chi connectivity index (χ1n) is 9.85. The van der Waals surface area contributed by atoms with Crippen LogP contribution < -0.4 is 10.5 Å². The van der Waals surface area contributed by atoms with E-state index in [0.717, 1.165) is 6.07 Å². The van der Waals surface area contributed by atoms with Gasteiger partial charge in [0.25, 0.3) is 0 Å². The second kappa shape index (κ2) is 9.73. The first kappa shape index (κ1) is 24.7. The lowest BCUT2D eigenvalue weighted by molar-refractivity contribution is -0.275. The summed E-state index contributed by atoms with van der Waals surface area (Å²) < 4.78 is 47.7. The van der Waals surface area contributed by atoms with Gasteiger partial charge in [0.2, 0.25) is 0 Å². The Morgan fingerprint density at radius 2 is 1.71 bits per heavy atom. The largest absolute Gasteiger partial charge is 0.573 e. The second-order valence-electron chi connectivity index (χ2n) is 8.15. The molecule has 2 rings (SSSR count). The van der Waals surface area contributed by atoms with Crippen LogP contribution in [0.25, 0.3) is 0 Å². The monoisotopic (exact) mass is 447 g/mol. The van der Waals surface area contributed by atoms with Crippen LogP contribution in [0.1, 0.15) is 43.6 Å². The highest BCUT2D eigenvalue weighted by Crippen LogP contribution is 2.32. The summed E-state index contributed by atoms with van der Waals surface area (Å²) in [6.07, 6.45) is -4.93. The Kier molecular flexibility index (Phi) is 7.77. The number of hydroxylamine groups is 2. The zero-order chi connectivity index (χ0) is 23.4. The minimum atomic E-state index is -4.93. The molecule has 1 aliphatic rings. The number of ether oxygens (including phenoxy) is 2. The summed E-state index contributed by atoms with van der Waals surface area (Å²) in [4.78, 5) is 31.2. The van der Waals surface area contributed by atoms with E-state index in [-0.39, 0.29) is 35.9 Å². The number of piperazine rings is 1. The zero-order valence-electron chi connectivity index (χ0n) is 18.0. The first-order valence-corrected chi connectivity index (χ1v) is 9.85. The van der Waals surface area contributed by atoms with Gasteiger partial charge in [-0.15, -0.1) is 18.2 Å². The van der Waals surface area contributed by atoms with Gasteiger partial charge in [0.15, 0.2) is 0 Å². The molecule has 0 unspecified atom stereocenters. The van der Waals surface area contributed by atoms with Gasteiger partial charge in [-0.05, 0) is 39.8 Å². The Hall–Kier alpha value is -2.53. The Labute approximate surface area is 179 Å². The van der Waals surface area contributed by atoms with Crippen molar-refractivity contribution in [2.75, 3.05) is 38.5 Å². The number of nitrogens with zero attached hydrogens (tertiary/aromatic N) is 2. The topological polar surface area (TPSA) is 94.3 Å². The molecule has 1 aromatic rings. The van der Waals surface area contributed by atoms with Crippen molar-refractivity contribution in [2.45, 2.75) is 40.6 Å². The zero-order valence-corrected chi connectivity index (χ0v) is 18.0. The van der Waals surface area contributed by atoms with Crippen molar-refractivity contribution in [3.63, 3.8) is 0 Å². The fourth-order valence-electron chi connectivity index (χ4n) is 2.85. The van der Waals surface area contributed by atoms with E-state index in [4.69, 9.17) is 15.3 Å². The molecule has 2 N–H and O–H groups in total. The molecular formula is C20H28F3N3O5. The second-order valence-corrected chi connectivity index (χ2v) is 8.15. The summed E-state index contributed by atoms with van der Waals surface area (Å²) in [5, 5.41) is 1.54. The highest BCUT2D eigenvalue weighted by Gasteiger charge is 2.34. The summed E-state index contributed by atoms with van der Waals surface area (Å²) in [5.74, 6) is -1.69. The highest BCUT2D eigenvalue weighted by atomic mass is 19.4. The lowest BCUT2D eigenvalue weighted by Gasteiger charge is -2.34. The van der Waals surface area contributed by atoms with Gasteiger partial charge in [0.05, 0.1) is 17.6 Å². The summed E-state index contributed by atoms with van der Waals surface area (Å²) >= 11 is 0. The molecule has 0 aliphatic carbocycles. The summed E-state index contributed by atoms with van der Waals surface area (Å²) in [6, 6.07) is 2.25. The first-order chi connectivity index (χ1) is 14.3. The van der Waals surface area contributed by atoms with Crippen LogP contribution in [0.15, 0.2) is 12.1 Å². The molecule has 31 heavy (non-hydrogen) atoms. The van der Waals surface area contributed by atoms with Crippen molar-refractivity contribution in [1.82, 2.24) is 9.96 Å². The fraction of sp³-hybridized carbons (Fsp3) is 0.600. The van der Waals surface area contributed by atoms with Gasteiger partial charge in [-0.3, -0.25) is 4.90 Å². The third kappa shape index (κ3) is 7.28. The molecule has 1 aliphatic heterocycles. The van der Waals surface area contributed by atoms with Crippen molar-refractivity contribution >= 4 is 17.6 Å². The minimum absolute atomic E-state index is 0.000665. The van der Waals surface area contributed by atoms with Crippen LogP contribution in [0.2, 0.25) is 0 Å². The molecule has 8 nitrogen and oxygen atoms in total. The minimum Gasteiger partial charge on any atom is -0.462 e. The van der Waals surface area contributed by atoms with Crippen LogP contribution >= 0.6 is 0 Å². The predicted molar refractivity (Wildman–Crippen MR) is 106 cm³/mol. The Bertz CT molecular complexity index is 800. The van der Waals surface area contributed by atoms with Crippen molar-refractivity contribution in [2.24, 2.45) is 5.41 Å². The van der Waals surface area contributed by atoms with Gasteiger partial charge in [-0.25, -0.2) is 9.59 Å². The molecule has 0 amide bonds. The van der Waals surface area contributed by atoms with Crippen molar-refractivity contribution < 1.29 is 37.1 Å². The van der Waals surface area contributed by atoms with Gasteiger partial charge < -0.3 is 20.0 Å². The maximum atomic E-state index is 12.9. The van der Waals surface area contributed by atoms with E-state index in [1.54, 1.807) is 27.7 Å². The molecule has 1 fully saturated rings. The summed E-state index contributed by atoms with van der Waals surface area (Å²) in [6.45, 7) is 8.67. The Morgan fingerprint density at radius 1 is 1.10 bits per heavy atom. The molecule has 174 valence electrons. The normalized spacial score (nSPS) is 16.1. The van der Waals surface area contributed by atoms with E-state index in [1.165, 1.54) is 11.1 Å². The SMILES string of the molecule is CCOC(=O)c1cc(OC(F)(F)F)c(CN2CCN(OC(=O)C(C)(C)C)CC2)cc1N. The molecule has 0 radical (unpaired) electrons. The van der Waals surface area contributed by atoms with E-state index in [0.29, 0.717) is 26.2 Å². The van der Waals surface area contributed by atoms with Gasteiger partial charge >= 0.3 is 18.3 Å². The number of esters is 1. The van der Waals surface area contributed by atoms with E-state index in [2.05, 4.69) is 4.74 Å². The molecule has 1 heterocycles. The highest BCUT2D eigenvalue weighted by molar-refractivity contribution is 5.95. The Balaban J connectivity index is 2.12. The van der Waals surface area contributed by atoms with Crippen LogP contribution in [-0.4, -0.2) is 61.1 Å². The number of anilines is 1. The van der Waals surface area contributed by atoms with E-state index in [1.807, 2.05) is 4.90 Å². The van der Waals surface area contributed by atoms with Crippen LogP contribution in [0.4, 0.5) is 18.9 Å². The molecular weight excluding hydrogens is 419 g/mol. The number of nitrogen functional groups attached to an aromatic ring is 1. The van der Waals surface area contributed by atoms with Crippen molar-refractivity contribution in [1.29, 1.82) is 0 Å². The van der Waals surface area contributed by atoms with E-state index in [9.17, 15) is 22.8 Å². The van der Waals surface area contributed by atoms with Crippen LogP contribution in [0, 0.1) is 5.41 Å². The van der Waals surface area contributed by atoms with E-state index >= 15 is 0 Å². The maximum Gasteiger partial charge on any atom is 0.573 e. The van der Waals surface area contributed by atoms with E-state index < -0.39 is 23.5 Å². The van der Waals surface area contributed by atoms with Crippen molar-refractivity contribution in [3.05, 3.63) is 23.3 Å². The van der Waals surface area contributed by atoms with Crippen LogP contribution in [-0.2, 0) is 20.9 Å². The molecule has 0 bridgehead atoms. The third-order valence-corrected chi connectivity index (χ3v) is 4.50. The Morgan fingerprint density at radius 3 is 2.23 bits per heavy atom. The number of benzene rings is 1.